The summed E-state index contributed by atoms with van der Waals surface area (Å²) in [6, 6.07) is 8.17. The topological polar surface area (TPSA) is 55.8 Å². The van der Waals surface area contributed by atoms with Crippen LogP contribution in [0.3, 0.4) is 0 Å². The smallest absolute Gasteiger partial charge is 0.312 e. The van der Waals surface area contributed by atoms with Crippen molar-refractivity contribution < 1.29 is 19.1 Å². The molecule has 3 heterocycles. The van der Waals surface area contributed by atoms with Gasteiger partial charge in [0.2, 0.25) is 5.91 Å². The van der Waals surface area contributed by atoms with Gasteiger partial charge in [-0.25, -0.2) is 0 Å². The number of hydrogen-bond acceptors (Lipinski definition) is 4. The Kier molecular flexibility index (Phi) is 4.35. The summed E-state index contributed by atoms with van der Waals surface area (Å²) in [5.41, 5.74) is 1.61. The number of carbonyl (C=O) groups is 2. The van der Waals surface area contributed by atoms with Crippen LogP contribution in [-0.2, 0) is 25.6 Å². The lowest BCUT2D eigenvalue weighted by Gasteiger charge is -2.22. The van der Waals surface area contributed by atoms with E-state index in [9.17, 15) is 9.59 Å². The Bertz CT molecular complexity index is 741. The number of unbranched alkanes of at least 4 members (excludes halogenated alkanes) is 1. The third kappa shape index (κ3) is 2.75. The van der Waals surface area contributed by atoms with Crippen LogP contribution in [0, 0.1) is 18.8 Å². The summed E-state index contributed by atoms with van der Waals surface area (Å²) in [6.07, 6.45) is 5.37. The summed E-state index contributed by atoms with van der Waals surface area (Å²) < 4.78 is 11.5. The van der Waals surface area contributed by atoms with Gasteiger partial charge in [0, 0.05) is 6.54 Å². The molecule has 1 spiro atoms. The number of ether oxygens (including phenoxy) is 2. The predicted octanol–water partition coefficient (Wildman–Crippen LogP) is 2.62. The number of carbonyl (C=O) groups excluding carboxylic acids is 2. The fourth-order valence-electron chi connectivity index (χ4n) is 4.31. The van der Waals surface area contributed by atoms with Crippen LogP contribution in [0.5, 0.6) is 0 Å². The Morgan fingerprint density at radius 1 is 1.35 bits per heavy atom. The highest BCUT2D eigenvalue weighted by molar-refractivity contribution is 5.91. The highest BCUT2D eigenvalue weighted by Gasteiger charge is 2.67. The van der Waals surface area contributed by atoms with E-state index in [1.165, 1.54) is 5.56 Å². The second-order valence-corrected chi connectivity index (χ2v) is 7.60. The molecule has 1 aromatic rings. The molecule has 3 aliphatic rings. The van der Waals surface area contributed by atoms with Crippen LogP contribution >= 0.6 is 0 Å². The molecule has 2 fully saturated rings. The van der Waals surface area contributed by atoms with E-state index < -0.39 is 17.4 Å². The van der Waals surface area contributed by atoms with Crippen LogP contribution < -0.4 is 0 Å². The quantitative estimate of drug-likeness (QED) is 0.447. The maximum atomic E-state index is 13.1. The number of likely N-dealkylation sites (tertiary alicyclic amines) is 1. The van der Waals surface area contributed by atoms with Gasteiger partial charge in [0.05, 0.1) is 25.2 Å². The lowest BCUT2D eigenvalue weighted by atomic mass is 9.77. The summed E-state index contributed by atoms with van der Waals surface area (Å²) in [6.45, 7) is 5.53. The molecule has 2 bridgehead atoms. The molecule has 5 nitrogen and oxygen atoms in total. The van der Waals surface area contributed by atoms with Crippen molar-refractivity contribution in [1.29, 1.82) is 0 Å². The first-order chi connectivity index (χ1) is 12.5. The van der Waals surface area contributed by atoms with E-state index in [1.807, 2.05) is 48.2 Å². The number of hydrogen-bond donors (Lipinski definition) is 0. The first-order valence-electron chi connectivity index (χ1n) is 9.42. The zero-order valence-corrected chi connectivity index (χ0v) is 15.3. The molecule has 0 unspecified atom stereocenters. The number of amides is 1. The van der Waals surface area contributed by atoms with Crippen molar-refractivity contribution in [3.05, 3.63) is 47.5 Å². The maximum absolute atomic E-state index is 13.1. The van der Waals surface area contributed by atoms with Crippen molar-refractivity contribution in [3.63, 3.8) is 0 Å². The Hall–Kier alpha value is -2.14. The van der Waals surface area contributed by atoms with Crippen LogP contribution in [-0.4, -0.2) is 41.6 Å². The van der Waals surface area contributed by atoms with Gasteiger partial charge >= 0.3 is 5.97 Å². The first kappa shape index (κ1) is 17.3. The number of benzene rings is 1. The Morgan fingerprint density at radius 3 is 2.85 bits per heavy atom. The maximum Gasteiger partial charge on any atom is 0.312 e. The average molecular weight is 355 g/mol. The SMILES string of the molecule is CCCCOC(=O)[C@@H]1[C@H]2C=C[C@@]3(CN(Cc4ccc(C)cc4)C(=O)[C@@H]13)O2. The number of fused-ring (bicyclic) bond motifs is 1. The molecule has 1 aromatic carbocycles. The number of rotatable bonds is 6. The van der Waals surface area contributed by atoms with Gasteiger partial charge in [0.15, 0.2) is 0 Å². The normalized spacial score (nSPS) is 31.5. The van der Waals surface area contributed by atoms with E-state index in [2.05, 4.69) is 6.92 Å². The zero-order valence-electron chi connectivity index (χ0n) is 15.3. The molecule has 138 valence electrons. The molecule has 0 N–H and O–H groups in total. The molecule has 26 heavy (non-hydrogen) atoms. The minimum Gasteiger partial charge on any atom is -0.465 e. The van der Waals surface area contributed by atoms with Crippen molar-refractivity contribution >= 4 is 11.9 Å². The van der Waals surface area contributed by atoms with Crippen LogP contribution in [0.1, 0.15) is 30.9 Å². The lowest BCUT2D eigenvalue weighted by molar-refractivity contribution is -0.154. The Balaban J connectivity index is 1.51. The molecule has 1 amide bonds. The summed E-state index contributed by atoms with van der Waals surface area (Å²) >= 11 is 0. The minimum atomic E-state index is -0.666. The summed E-state index contributed by atoms with van der Waals surface area (Å²) in [4.78, 5) is 27.5. The Labute approximate surface area is 154 Å². The standard InChI is InChI=1S/C21H25NO4/c1-3-4-11-25-20(24)17-16-9-10-21(26-16)13-22(19(23)18(17)21)12-15-7-5-14(2)6-8-15/h5-10,16-18H,3-4,11-13H2,1-2H3/t16-,17-,18-,21+/m1/s1. The van der Waals surface area contributed by atoms with Crippen molar-refractivity contribution in [1.82, 2.24) is 4.90 Å². The highest BCUT2D eigenvalue weighted by Crippen LogP contribution is 2.52. The molecule has 4 rings (SSSR count). The van der Waals surface area contributed by atoms with Gasteiger partial charge in [0.1, 0.15) is 11.5 Å². The molecule has 0 aliphatic carbocycles. The van der Waals surface area contributed by atoms with Crippen molar-refractivity contribution in [2.75, 3.05) is 13.2 Å². The van der Waals surface area contributed by atoms with E-state index in [4.69, 9.17) is 9.47 Å². The third-order valence-electron chi connectivity index (χ3n) is 5.69. The average Bonchev–Trinajstić information content (AvgIpc) is 3.26. The molecular weight excluding hydrogens is 330 g/mol. The fraction of sp³-hybridized carbons (Fsp3) is 0.524. The molecular formula is C21H25NO4. The van der Waals surface area contributed by atoms with Gasteiger partial charge < -0.3 is 14.4 Å². The molecule has 4 atom stereocenters. The summed E-state index contributed by atoms with van der Waals surface area (Å²) in [5.74, 6) is -1.29. The largest absolute Gasteiger partial charge is 0.465 e. The zero-order chi connectivity index (χ0) is 18.3. The molecule has 3 aliphatic heterocycles. The lowest BCUT2D eigenvalue weighted by Crippen LogP contribution is -2.40. The Morgan fingerprint density at radius 2 is 2.12 bits per heavy atom. The molecule has 0 radical (unpaired) electrons. The first-order valence-corrected chi connectivity index (χ1v) is 9.42. The molecule has 0 aromatic heterocycles. The van der Waals surface area contributed by atoms with Crippen molar-refractivity contribution in [2.45, 2.75) is 44.9 Å². The van der Waals surface area contributed by atoms with Crippen molar-refractivity contribution in [3.8, 4) is 0 Å². The van der Waals surface area contributed by atoms with E-state index in [0.717, 1.165) is 18.4 Å². The minimum absolute atomic E-state index is 0.00475. The van der Waals surface area contributed by atoms with Crippen LogP contribution in [0.2, 0.25) is 0 Å². The van der Waals surface area contributed by atoms with Crippen LogP contribution in [0.15, 0.2) is 36.4 Å². The van der Waals surface area contributed by atoms with Gasteiger partial charge in [-0.3, -0.25) is 9.59 Å². The number of aryl methyl sites for hydroxylation is 1. The predicted molar refractivity (Wildman–Crippen MR) is 96.2 cm³/mol. The van der Waals surface area contributed by atoms with Crippen molar-refractivity contribution in [2.24, 2.45) is 11.8 Å². The van der Waals surface area contributed by atoms with E-state index >= 15 is 0 Å². The third-order valence-corrected chi connectivity index (χ3v) is 5.69. The van der Waals surface area contributed by atoms with Gasteiger partial charge in [-0.1, -0.05) is 55.3 Å². The number of esters is 1. The van der Waals surface area contributed by atoms with Crippen LogP contribution in [0.25, 0.3) is 0 Å². The van der Waals surface area contributed by atoms with E-state index in [1.54, 1.807) is 0 Å². The molecule has 2 saturated heterocycles. The van der Waals surface area contributed by atoms with Gasteiger partial charge in [-0.05, 0) is 18.9 Å². The second kappa shape index (κ2) is 6.54. The summed E-state index contributed by atoms with van der Waals surface area (Å²) in [7, 11) is 0. The second-order valence-electron chi connectivity index (χ2n) is 7.60. The monoisotopic (exact) mass is 355 g/mol. The van der Waals surface area contributed by atoms with Gasteiger partial charge in [-0.15, -0.1) is 0 Å². The summed E-state index contributed by atoms with van der Waals surface area (Å²) in [5, 5.41) is 0. The number of nitrogens with zero attached hydrogens (tertiary/aromatic N) is 1. The molecule has 0 saturated carbocycles. The van der Waals surface area contributed by atoms with Crippen LogP contribution in [0.4, 0.5) is 0 Å². The van der Waals surface area contributed by atoms with E-state index in [0.29, 0.717) is 19.7 Å². The van der Waals surface area contributed by atoms with Gasteiger partial charge in [-0.2, -0.15) is 0 Å². The molecule has 5 heteroatoms. The van der Waals surface area contributed by atoms with Gasteiger partial charge in [0.25, 0.3) is 0 Å². The highest BCUT2D eigenvalue weighted by atomic mass is 16.6. The van der Waals surface area contributed by atoms with E-state index in [-0.39, 0.29) is 18.0 Å². The fourth-order valence-corrected chi connectivity index (χ4v) is 4.31.